The van der Waals surface area contributed by atoms with E-state index in [9.17, 15) is 0 Å². The number of nitrogens with one attached hydrogen (secondary N) is 1. The Balaban J connectivity index is 1.89. The Kier molecular flexibility index (Phi) is 5.28. The van der Waals surface area contributed by atoms with E-state index in [1.807, 2.05) is 0 Å². The van der Waals surface area contributed by atoms with Crippen molar-refractivity contribution in [2.24, 2.45) is 11.8 Å². The summed E-state index contributed by atoms with van der Waals surface area (Å²) in [6.45, 7) is 5.72. The van der Waals surface area contributed by atoms with E-state index < -0.39 is 0 Å². The molecule has 100 valence electrons. The van der Waals surface area contributed by atoms with Gasteiger partial charge in [0, 0.05) is 21.5 Å². The van der Waals surface area contributed by atoms with Gasteiger partial charge in [-0.05, 0) is 80.7 Å². The molecule has 1 aromatic rings. The fourth-order valence-electron chi connectivity index (χ4n) is 2.87. The van der Waals surface area contributed by atoms with Crippen LogP contribution in [-0.2, 0) is 6.54 Å². The summed E-state index contributed by atoms with van der Waals surface area (Å²) in [5.74, 6) is 1.70. The van der Waals surface area contributed by atoms with E-state index in [4.69, 9.17) is 0 Å². The topological polar surface area (TPSA) is 12.0 Å². The van der Waals surface area contributed by atoms with Gasteiger partial charge in [0.2, 0.25) is 0 Å². The van der Waals surface area contributed by atoms with Gasteiger partial charge in [-0.2, -0.15) is 0 Å². The first-order valence-corrected chi connectivity index (χ1v) is 8.32. The monoisotopic (exact) mass is 373 g/mol. The summed E-state index contributed by atoms with van der Waals surface area (Å²) in [7, 11) is 0. The molecule has 1 N–H and O–H groups in total. The Hall–Kier alpha value is 0.140. The van der Waals surface area contributed by atoms with Gasteiger partial charge in [-0.25, -0.2) is 0 Å². The highest BCUT2D eigenvalue weighted by atomic mass is 79.9. The summed E-state index contributed by atoms with van der Waals surface area (Å²) in [4.78, 5) is 0. The van der Waals surface area contributed by atoms with Gasteiger partial charge >= 0.3 is 0 Å². The lowest BCUT2D eigenvalue weighted by atomic mass is 9.80. The van der Waals surface area contributed by atoms with Gasteiger partial charge in [0.1, 0.15) is 0 Å². The van der Waals surface area contributed by atoms with E-state index in [1.54, 1.807) is 0 Å². The van der Waals surface area contributed by atoms with Gasteiger partial charge in [0.25, 0.3) is 0 Å². The van der Waals surface area contributed by atoms with Crippen molar-refractivity contribution in [2.45, 2.75) is 45.7 Å². The van der Waals surface area contributed by atoms with Crippen LogP contribution in [0.15, 0.2) is 27.1 Å². The molecule has 0 aromatic heterocycles. The first-order valence-electron chi connectivity index (χ1n) is 6.73. The summed E-state index contributed by atoms with van der Waals surface area (Å²) in [6.07, 6.45) is 4.05. The third-order valence-electron chi connectivity index (χ3n) is 3.98. The quantitative estimate of drug-likeness (QED) is 0.773. The van der Waals surface area contributed by atoms with Crippen LogP contribution < -0.4 is 5.32 Å². The van der Waals surface area contributed by atoms with Crippen LogP contribution in [0.25, 0.3) is 0 Å². The van der Waals surface area contributed by atoms with Crippen LogP contribution in [-0.4, -0.2) is 6.04 Å². The van der Waals surface area contributed by atoms with Crippen LogP contribution in [0.3, 0.4) is 0 Å². The Morgan fingerprint density at radius 3 is 2.61 bits per heavy atom. The molecule has 1 fully saturated rings. The molecule has 1 aromatic carbocycles. The van der Waals surface area contributed by atoms with Gasteiger partial charge < -0.3 is 5.32 Å². The highest BCUT2D eigenvalue weighted by molar-refractivity contribution is 9.13. The van der Waals surface area contributed by atoms with Crippen molar-refractivity contribution in [3.05, 3.63) is 32.7 Å². The molecule has 3 atom stereocenters. The maximum absolute atomic E-state index is 3.72. The van der Waals surface area contributed by atoms with E-state index in [2.05, 4.69) is 69.2 Å². The molecule has 1 aliphatic carbocycles. The largest absolute Gasteiger partial charge is 0.310 e. The van der Waals surface area contributed by atoms with E-state index in [0.29, 0.717) is 6.04 Å². The van der Waals surface area contributed by atoms with Gasteiger partial charge in [-0.15, -0.1) is 0 Å². The summed E-state index contributed by atoms with van der Waals surface area (Å²) in [5, 5.41) is 3.72. The highest BCUT2D eigenvalue weighted by Crippen LogP contribution is 2.29. The van der Waals surface area contributed by atoms with Crippen molar-refractivity contribution in [1.29, 1.82) is 0 Å². The number of rotatable bonds is 3. The third kappa shape index (κ3) is 3.82. The van der Waals surface area contributed by atoms with Crippen LogP contribution in [0.4, 0.5) is 0 Å². The second kappa shape index (κ2) is 6.53. The normalized spacial score (nSPS) is 28.3. The van der Waals surface area contributed by atoms with Crippen molar-refractivity contribution >= 4 is 31.9 Å². The fourth-order valence-corrected chi connectivity index (χ4v) is 3.54. The van der Waals surface area contributed by atoms with Gasteiger partial charge in [0.15, 0.2) is 0 Å². The lowest BCUT2D eigenvalue weighted by Gasteiger charge is -2.33. The fraction of sp³-hybridized carbons (Fsp3) is 0.600. The first-order chi connectivity index (χ1) is 8.56. The average Bonchev–Trinajstić information content (AvgIpc) is 2.32. The summed E-state index contributed by atoms with van der Waals surface area (Å²) in [5.41, 5.74) is 1.34. The average molecular weight is 375 g/mol. The van der Waals surface area contributed by atoms with E-state index in [1.165, 1.54) is 24.8 Å². The standard InChI is InChI=1S/C15H21Br2N/c1-10-3-6-15(11(2)7-10)18-9-12-4-5-13(16)14(17)8-12/h4-5,8,10-11,15,18H,3,6-7,9H2,1-2H3. The minimum absolute atomic E-state index is 0.684. The SMILES string of the molecule is CC1CCC(NCc2ccc(Br)c(Br)c2)C(C)C1. The molecule has 0 spiro atoms. The predicted molar refractivity (Wildman–Crippen MR) is 84.6 cm³/mol. The maximum Gasteiger partial charge on any atom is 0.0320 e. The third-order valence-corrected chi connectivity index (χ3v) is 5.86. The molecule has 0 radical (unpaired) electrons. The number of hydrogen-bond acceptors (Lipinski definition) is 1. The zero-order chi connectivity index (χ0) is 13.1. The molecular formula is C15H21Br2N. The minimum atomic E-state index is 0.684. The van der Waals surface area contributed by atoms with Crippen LogP contribution in [0, 0.1) is 11.8 Å². The van der Waals surface area contributed by atoms with E-state index >= 15 is 0 Å². The smallest absolute Gasteiger partial charge is 0.0320 e. The molecule has 0 bridgehead atoms. The van der Waals surface area contributed by atoms with Crippen molar-refractivity contribution < 1.29 is 0 Å². The lowest BCUT2D eigenvalue weighted by Crippen LogP contribution is -2.38. The number of hydrogen-bond donors (Lipinski definition) is 1. The van der Waals surface area contributed by atoms with E-state index in [0.717, 1.165) is 27.3 Å². The molecule has 0 heterocycles. The van der Waals surface area contributed by atoms with Gasteiger partial charge in [0.05, 0.1) is 0 Å². The van der Waals surface area contributed by atoms with Crippen LogP contribution >= 0.6 is 31.9 Å². The second-order valence-corrected chi connectivity index (χ2v) is 7.34. The molecule has 3 unspecified atom stereocenters. The van der Waals surface area contributed by atoms with Gasteiger partial charge in [-0.1, -0.05) is 19.9 Å². The Labute approximate surface area is 127 Å². The highest BCUT2D eigenvalue weighted by Gasteiger charge is 2.24. The van der Waals surface area contributed by atoms with Gasteiger partial charge in [-0.3, -0.25) is 0 Å². The minimum Gasteiger partial charge on any atom is -0.310 e. The summed E-state index contributed by atoms with van der Waals surface area (Å²) < 4.78 is 2.25. The molecular weight excluding hydrogens is 354 g/mol. The maximum atomic E-state index is 3.72. The van der Waals surface area contributed by atoms with Crippen molar-refractivity contribution in [1.82, 2.24) is 5.32 Å². The zero-order valence-electron chi connectivity index (χ0n) is 11.0. The van der Waals surface area contributed by atoms with Crippen molar-refractivity contribution in [3.8, 4) is 0 Å². The molecule has 2 rings (SSSR count). The zero-order valence-corrected chi connectivity index (χ0v) is 14.2. The number of halogens is 2. The molecule has 0 amide bonds. The van der Waals surface area contributed by atoms with Crippen LogP contribution in [0.2, 0.25) is 0 Å². The first kappa shape index (κ1) is 14.5. The molecule has 0 aliphatic heterocycles. The van der Waals surface area contributed by atoms with Crippen molar-refractivity contribution in [3.63, 3.8) is 0 Å². The second-order valence-electron chi connectivity index (χ2n) is 5.63. The summed E-state index contributed by atoms with van der Waals surface area (Å²) >= 11 is 7.06. The number of benzene rings is 1. The molecule has 1 nitrogen and oxygen atoms in total. The Bertz CT molecular complexity index is 405. The van der Waals surface area contributed by atoms with Crippen molar-refractivity contribution in [2.75, 3.05) is 0 Å². The predicted octanol–water partition coefficient (Wildman–Crippen LogP) is 5.13. The lowest BCUT2D eigenvalue weighted by molar-refractivity contribution is 0.227. The van der Waals surface area contributed by atoms with Crippen LogP contribution in [0.5, 0.6) is 0 Å². The molecule has 3 heteroatoms. The molecule has 1 saturated carbocycles. The Morgan fingerprint density at radius 2 is 1.94 bits per heavy atom. The molecule has 0 saturated heterocycles. The Morgan fingerprint density at radius 1 is 1.17 bits per heavy atom. The van der Waals surface area contributed by atoms with E-state index in [-0.39, 0.29) is 0 Å². The molecule has 1 aliphatic rings. The molecule has 18 heavy (non-hydrogen) atoms. The van der Waals surface area contributed by atoms with Crippen LogP contribution in [0.1, 0.15) is 38.7 Å². The summed E-state index contributed by atoms with van der Waals surface area (Å²) in [6, 6.07) is 7.15.